The number of Topliss-reactive ketones (excluding diaryl/α,β-unsaturated/α-hetero) is 4. The SMILES string of the molecule is CNc1ccc(OC(=O)c2cccc(C(=O)C(=O)c3cc(C(=O)C(=O)c4ccc(OC(=O)c5ccc6cc(OC)ccc6c5)cc4)cc(N4C(=O)C5C6C=CC(C6)C5C4=O)c3)c2)cc1. The molecule has 316 valence electrons. The summed E-state index contributed by atoms with van der Waals surface area (Å²) in [6.45, 7) is 0. The molecule has 13 heteroatoms. The Morgan fingerprint density at radius 2 is 0.984 bits per heavy atom. The number of nitrogens with zero attached hydrogens (tertiary/aromatic N) is 1. The standard InChI is InChI=1S/C51H36N2O11/c1-52-37-13-18-40(19-14-37)64-50(60)33-5-3-4-32(22-33)45(55)47(57)36-23-35(24-38(25-36)53-48(58)42-30-7-8-31(21-30)43(42)49(53)59)46(56)44(54)27-10-15-39(16-11-27)63-51(61)34-9-6-29-26-41(62-2)17-12-28(29)20-34/h3-20,22-26,30-31,42-43,52H,21H2,1-2H3. The molecule has 4 atom stereocenters. The molecule has 1 N–H and O–H groups in total. The molecule has 2 bridgehead atoms. The molecule has 6 aromatic carbocycles. The number of benzene rings is 6. The number of amides is 2. The topological polar surface area (TPSA) is 180 Å². The van der Waals surface area contributed by atoms with Crippen LogP contribution in [0.5, 0.6) is 17.2 Å². The van der Waals surface area contributed by atoms with E-state index >= 15 is 0 Å². The summed E-state index contributed by atoms with van der Waals surface area (Å²) in [4.78, 5) is 110. The van der Waals surface area contributed by atoms with Gasteiger partial charge in [-0.05, 0) is 132 Å². The van der Waals surface area contributed by atoms with Crippen LogP contribution in [-0.4, -0.2) is 61.0 Å². The van der Waals surface area contributed by atoms with Gasteiger partial charge >= 0.3 is 11.9 Å². The quantitative estimate of drug-likeness (QED) is 0.0298. The number of nitrogens with one attached hydrogen (secondary N) is 1. The highest BCUT2D eigenvalue weighted by Crippen LogP contribution is 2.53. The van der Waals surface area contributed by atoms with E-state index in [4.69, 9.17) is 14.2 Å². The van der Waals surface area contributed by atoms with E-state index < -0.39 is 58.7 Å². The largest absolute Gasteiger partial charge is 0.497 e. The summed E-state index contributed by atoms with van der Waals surface area (Å²) >= 11 is 0. The molecule has 13 nitrogen and oxygen atoms in total. The third-order valence-electron chi connectivity index (χ3n) is 11.9. The first-order chi connectivity index (χ1) is 30.9. The number of allylic oxidation sites excluding steroid dienone is 2. The molecule has 1 heterocycles. The van der Waals surface area contributed by atoms with Crippen molar-refractivity contribution in [3.8, 4) is 17.2 Å². The van der Waals surface area contributed by atoms with Crippen LogP contribution in [0.3, 0.4) is 0 Å². The Hall–Kier alpha value is -8.32. The highest BCUT2D eigenvalue weighted by molar-refractivity contribution is 6.51. The summed E-state index contributed by atoms with van der Waals surface area (Å²) < 4.78 is 16.3. The minimum Gasteiger partial charge on any atom is -0.497 e. The normalized spacial score (nSPS) is 18.1. The van der Waals surface area contributed by atoms with E-state index in [1.54, 1.807) is 62.7 Å². The average Bonchev–Trinajstić information content (AvgIpc) is 4.03. The molecule has 2 aliphatic carbocycles. The monoisotopic (exact) mass is 852 g/mol. The van der Waals surface area contributed by atoms with Crippen LogP contribution >= 0.6 is 0 Å². The number of carbonyl (C=O) groups is 8. The van der Waals surface area contributed by atoms with E-state index in [0.29, 0.717) is 12.2 Å². The minimum absolute atomic E-state index is 0.0227. The van der Waals surface area contributed by atoms with Gasteiger partial charge in [-0.25, -0.2) is 14.5 Å². The van der Waals surface area contributed by atoms with E-state index in [-0.39, 0.29) is 62.4 Å². The lowest BCUT2D eigenvalue weighted by atomic mass is 9.85. The van der Waals surface area contributed by atoms with Crippen molar-refractivity contribution in [1.29, 1.82) is 0 Å². The van der Waals surface area contributed by atoms with Crippen LogP contribution in [0.25, 0.3) is 10.8 Å². The molecule has 1 saturated carbocycles. The second-order valence-electron chi connectivity index (χ2n) is 15.7. The first-order valence-corrected chi connectivity index (χ1v) is 20.3. The number of hydrogen-bond acceptors (Lipinski definition) is 12. The number of fused-ring (bicyclic) bond motifs is 6. The molecular formula is C51H36N2O11. The van der Waals surface area contributed by atoms with Crippen molar-refractivity contribution in [3.63, 3.8) is 0 Å². The summed E-state index contributed by atoms with van der Waals surface area (Å²) in [5.74, 6) is -7.28. The zero-order valence-corrected chi connectivity index (χ0v) is 34.2. The maximum absolute atomic E-state index is 14.0. The molecule has 1 aliphatic heterocycles. The van der Waals surface area contributed by atoms with Crippen LogP contribution in [0.15, 0.2) is 140 Å². The van der Waals surface area contributed by atoms with Gasteiger partial charge in [-0.2, -0.15) is 0 Å². The van der Waals surface area contributed by atoms with Gasteiger partial charge in [0.25, 0.3) is 0 Å². The van der Waals surface area contributed by atoms with Crippen LogP contribution in [0.1, 0.15) is 68.6 Å². The average molecular weight is 853 g/mol. The summed E-state index contributed by atoms with van der Waals surface area (Å²) in [6.07, 6.45) is 4.51. The van der Waals surface area contributed by atoms with Crippen molar-refractivity contribution in [1.82, 2.24) is 0 Å². The summed E-state index contributed by atoms with van der Waals surface area (Å²) in [6, 6.07) is 31.1. The van der Waals surface area contributed by atoms with E-state index in [9.17, 15) is 38.4 Å². The smallest absolute Gasteiger partial charge is 0.343 e. The van der Waals surface area contributed by atoms with Gasteiger partial charge in [0, 0.05) is 35.0 Å². The number of methoxy groups -OCH3 is 1. The lowest BCUT2D eigenvalue weighted by Crippen LogP contribution is -2.33. The maximum atomic E-state index is 14.0. The summed E-state index contributed by atoms with van der Waals surface area (Å²) in [5.41, 5.74) is -0.0858. The molecule has 0 aromatic heterocycles. The zero-order chi connectivity index (χ0) is 44.8. The van der Waals surface area contributed by atoms with E-state index in [0.717, 1.165) is 27.4 Å². The number of anilines is 2. The molecule has 2 amide bonds. The Kier molecular flexibility index (Phi) is 10.6. The van der Waals surface area contributed by atoms with Gasteiger partial charge in [0.2, 0.25) is 34.9 Å². The number of carbonyl (C=O) groups excluding carboxylic acids is 8. The van der Waals surface area contributed by atoms with Gasteiger partial charge in [0.15, 0.2) is 0 Å². The molecule has 4 unspecified atom stereocenters. The molecule has 0 spiro atoms. The van der Waals surface area contributed by atoms with Crippen LogP contribution in [-0.2, 0) is 9.59 Å². The fourth-order valence-corrected chi connectivity index (χ4v) is 8.64. The first kappa shape index (κ1) is 41.1. The van der Waals surface area contributed by atoms with Crippen molar-refractivity contribution in [2.45, 2.75) is 6.42 Å². The Morgan fingerprint density at radius 1 is 0.516 bits per heavy atom. The third-order valence-corrected chi connectivity index (χ3v) is 11.9. The van der Waals surface area contributed by atoms with Gasteiger partial charge in [-0.3, -0.25) is 28.8 Å². The second-order valence-corrected chi connectivity index (χ2v) is 15.7. The maximum Gasteiger partial charge on any atom is 0.343 e. The number of ketones is 4. The van der Waals surface area contributed by atoms with Crippen LogP contribution < -0.4 is 24.4 Å². The molecule has 9 rings (SSSR count). The highest BCUT2D eigenvalue weighted by atomic mass is 16.5. The van der Waals surface area contributed by atoms with Crippen molar-refractivity contribution < 1.29 is 52.6 Å². The number of hydrogen-bond donors (Lipinski definition) is 1. The van der Waals surface area contributed by atoms with E-state index in [1.807, 2.05) is 24.3 Å². The fourth-order valence-electron chi connectivity index (χ4n) is 8.64. The third kappa shape index (κ3) is 7.53. The lowest BCUT2D eigenvalue weighted by molar-refractivity contribution is -0.123. The number of esters is 2. The molecule has 3 aliphatic rings. The fraction of sp³-hybridized carbons (Fsp3) is 0.137. The minimum atomic E-state index is -1.13. The number of imide groups is 1. The van der Waals surface area contributed by atoms with Crippen LogP contribution in [0, 0.1) is 23.7 Å². The van der Waals surface area contributed by atoms with Crippen molar-refractivity contribution in [2.75, 3.05) is 24.4 Å². The van der Waals surface area contributed by atoms with Gasteiger partial charge in [0.1, 0.15) is 17.2 Å². The zero-order valence-electron chi connectivity index (χ0n) is 34.2. The van der Waals surface area contributed by atoms with Crippen molar-refractivity contribution >= 4 is 69.0 Å². The molecular weight excluding hydrogens is 817 g/mol. The van der Waals surface area contributed by atoms with Gasteiger partial charge in [0.05, 0.1) is 35.8 Å². The highest BCUT2D eigenvalue weighted by Gasteiger charge is 2.59. The molecule has 6 aromatic rings. The predicted molar refractivity (Wildman–Crippen MR) is 233 cm³/mol. The van der Waals surface area contributed by atoms with Crippen LogP contribution in [0.4, 0.5) is 11.4 Å². The van der Waals surface area contributed by atoms with Gasteiger partial charge < -0.3 is 19.5 Å². The predicted octanol–water partition coefficient (Wildman–Crippen LogP) is 7.77. The second kappa shape index (κ2) is 16.5. The van der Waals surface area contributed by atoms with Crippen LogP contribution in [0.2, 0.25) is 0 Å². The molecule has 1 saturated heterocycles. The summed E-state index contributed by atoms with van der Waals surface area (Å²) in [7, 11) is 3.30. The molecule has 64 heavy (non-hydrogen) atoms. The van der Waals surface area contributed by atoms with Gasteiger partial charge in [-0.1, -0.05) is 36.4 Å². The Balaban J connectivity index is 0.974. The molecule has 0 radical (unpaired) electrons. The van der Waals surface area contributed by atoms with Gasteiger partial charge in [-0.15, -0.1) is 0 Å². The van der Waals surface area contributed by atoms with E-state index in [1.165, 1.54) is 60.7 Å². The first-order valence-electron chi connectivity index (χ1n) is 20.3. The van der Waals surface area contributed by atoms with E-state index in [2.05, 4.69) is 5.32 Å². The Labute approximate surface area is 365 Å². The number of ether oxygens (including phenoxy) is 3. The number of rotatable bonds is 13. The van der Waals surface area contributed by atoms with Crippen molar-refractivity contribution in [3.05, 3.63) is 173 Å². The Morgan fingerprint density at radius 3 is 1.58 bits per heavy atom. The Bertz CT molecular complexity index is 3000. The lowest BCUT2D eigenvalue weighted by Gasteiger charge is -2.19. The molecule has 2 fully saturated rings. The van der Waals surface area contributed by atoms with Crippen molar-refractivity contribution in [2.24, 2.45) is 23.7 Å². The summed E-state index contributed by atoms with van der Waals surface area (Å²) in [5, 5.41) is 4.61.